The Kier molecular flexibility index (Phi) is 8.31. The largest absolute Gasteiger partial charge is 0.497 e. The summed E-state index contributed by atoms with van der Waals surface area (Å²) in [6.07, 6.45) is 0.263. The van der Waals surface area contributed by atoms with E-state index in [9.17, 15) is 9.59 Å². The second-order valence-corrected chi connectivity index (χ2v) is 10.2. The third-order valence-corrected chi connectivity index (χ3v) is 7.76. The van der Waals surface area contributed by atoms with Crippen LogP contribution in [0.25, 0.3) is 0 Å². The van der Waals surface area contributed by atoms with Crippen LogP contribution >= 0.6 is 34.7 Å². The van der Waals surface area contributed by atoms with E-state index in [-0.39, 0.29) is 24.0 Å². The molecule has 10 heteroatoms. The van der Waals surface area contributed by atoms with Gasteiger partial charge in [-0.3, -0.25) is 9.59 Å². The number of nitrogens with one attached hydrogen (secondary N) is 1. The summed E-state index contributed by atoms with van der Waals surface area (Å²) >= 11 is 9.11. The lowest BCUT2D eigenvalue weighted by atomic mass is 10.2. The molecular formula is C24H25ClN4O3S2. The third-order valence-electron chi connectivity index (χ3n) is 5.37. The van der Waals surface area contributed by atoms with E-state index >= 15 is 0 Å². The smallest absolute Gasteiger partial charge is 0.234 e. The number of carbonyl (C=O) groups is 2. The van der Waals surface area contributed by atoms with E-state index in [1.807, 2.05) is 52.7 Å². The normalized spacial score (nSPS) is 13.6. The van der Waals surface area contributed by atoms with Crippen LogP contribution in [0.3, 0.4) is 0 Å². The van der Waals surface area contributed by atoms with Crippen LogP contribution in [-0.2, 0) is 16.0 Å². The zero-order valence-electron chi connectivity index (χ0n) is 18.7. The van der Waals surface area contributed by atoms with Gasteiger partial charge in [-0.25, -0.2) is 4.98 Å². The molecule has 0 unspecified atom stereocenters. The van der Waals surface area contributed by atoms with Crippen LogP contribution < -0.4 is 15.0 Å². The molecular weight excluding hydrogens is 492 g/mol. The minimum absolute atomic E-state index is 0.0661. The lowest BCUT2D eigenvalue weighted by molar-refractivity contribution is -0.130. The van der Waals surface area contributed by atoms with E-state index in [2.05, 4.69) is 15.2 Å². The van der Waals surface area contributed by atoms with Crippen LogP contribution in [0.15, 0.2) is 58.3 Å². The van der Waals surface area contributed by atoms with E-state index in [4.69, 9.17) is 16.3 Å². The first-order valence-electron chi connectivity index (χ1n) is 10.8. The quantitative estimate of drug-likeness (QED) is 0.446. The molecule has 0 atom stereocenters. The van der Waals surface area contributed by atoms with Gasteiger partial charge < -0.3 is 19.9 Å². The molecule has 178 valence electrons. The highest BCUT2D eigenvalue weighted by atomic mass is 35.5. The number of benzene rings is 2. The summed E-state index contributed by atoms with van der Waals surface area (Å²) < 4.78 is 5.94. The minimum Gasteiger partial charge on any atom is -0.497 e. The number of hydrogen-bond acceptors (Lipinski definition) is 7. The number of carbonyl (C=O) groups excluding carboxylic acids is 2. The Morgan fingerprint density at radius 1 is 1.15 bits per heavy atom. The van der Waals surface area contributed by atoms with Crippen molar-refractivity contribution in [3.63, 3.8) is 0 Å². The van der Waals surface area contributed by atoms with Crippen LogP contribution in [0.2, 0.25) is 5.02 Å². The fraction of sp³-hybridized carbons (Fsp3) is 0.292. The molecule has 0 saturated carbocycles. The van der Waals surface area contributed by atoms with E-state index in [0.29, 0.717) is 24.5 Å². The van der Waals surface area contributed by atoms with Gasteiger partial charge in [0.05, 0.1) is 35.7 Å². The average Bonchev–Trinajstić information content (AvgIpc) is 3.30. The first-order chi connectivity index (χ1) is 16.5. The Hall–Kier alpha value is -2.75. The number of nitrogens with zero attached hydrogens (tertiary/aromatic N) is 3. The first-order valence-corrected chi connectivity index (χ1v) is 13.0. The molecule has 2 aromatic carbocycles. The molecule has 0 radical (unpaired) electrons. The number of hydrogen-bond donors (Lipinski definition) is 1. The number of thiazole rings is 1. The lowest BCUT2D eigenvalue weighted by Crippen LogP contribution is -2.49. The van der Waals surface area contributed by atoms with Crippen LogP contribution in [0.4, 0.5) is 11.4 Å². The zero-order valence-corrected chi connectivity index (χ0v) is 21.1. The Labute approximate surface area is 212 Å². The second kappa shape index (κ2) is 11.6. The number of halogens is 1. The molecule has 1 aliphatic heterocycles. The van der Waals surface area contributed by atoms with E-state index < -0.39 is 0 Å². The van der Waals surface area contributed by atoms with Gasteiger partial charge in [0, 0.05) is 43.3 Å². The summed E-state index contributed by atoms with van der Waals surface area (Å²) in [5.41, 5.74) is 2.43. The number of rotatable bonds is 8. The summed E-state index contributed by atoms with van der Waals surface area (Å²) in [5.74, 6) is 0.867. The standard InChI is InChI=1S/C24H25ClN4O3S2/c1-32-19-6-4-5-17(13-19)26-22(30)16-34-24-27-18(15-33-24)14-23(31)29-11-9-28(10-12-29)21-8-3-2-7-20(21)25/h2-8,13,15H,9-12,14,16H2,1H3,(H,26,30). The van der Waals surface area contributed by atoms with Gasteiger partial charge in [0.2, 0.25) is 11.8 Å². The molecule has 1 aliphatic rings. The highest BCUT2D eigenvalue weighted by Gasteiger charge is 2.23. The monoisotopic (exact) mass is 516 g/mol. The van der Waals surface area contributed by atoms with Crippen molar-refractivity contribution in [2.24, 2.45) is 0 Å². The number of piperazine rings is 1. The van der Waals surface area contributed by atoms with Crippen LogP contribution in [0.1, 0.15) is 5.69 Å². The van der Waals surface area contributed by atoms with Crippen molar-refractivity contribution < 1.29 is 14.3 Å². The number of anilines is 2. The summed E-state index contributed by atoms with van der Waals surface area (Å²) in [6, 6.07) is 15.0. The fourth-order valence-corrected chi connectivity index (χ4v) is 5.53. The Balaban J connectivity index is 1.22. The highest BCUT2D eigenvalue weighted by molar-refractivity contribution is 8.01. The van der Waals surface area contributed by atoms with Crippen molar-refractivity contribution in [3.05, 3.63) is 64.6 Å². The molecule has 1 aromatic heterocycles. The first kappa shape index (κ1) is 24.4. The predicted octanol–water partition coefficient (Wildman–Crippen LogP) is 4.43. The van der Waals surface area contributed by atoms with Crippen LogP contribution in [-0.4, -0.2) is 60.7 Å². The number of para-hydroxylation sites is 1. The molecule has 2 amide bonds. The number of aromatic nitrogens is 1. The molecule has 34 heavy (non-hydrogen) atoms. The van der Waals surface area contributed by atoms with Gasteiger partial charge in [-0.15, -0.1) is 11.3 Å². The van der Waals surface area contributed by atoms with Crippen LogP contribution in [0, 0.1) is 0 Å². The van der Waals surface area contributed by atoms with Crippen molar-refractivity contribution in [2.75, 3.05) is 49.3 Å². The maximum atomic E-state index is 12.8. The van der Waals surface area contributed by atoms with Gasteiger partial charge in [0.25, 0.3) is 0 Å². The van der Waals surface area contributed by atoms with Crippen molar-refractivity contribution in [1.29, 1.82) is 0 Å². The number of thioether (sulfide) groups is 1. The summed E-state index contributed by atoms with van der Waals surface area (Å²) in [4.78, 5) is 33.6. The summed E-state index contributed by atoms with van der Waals surface area (Å²) in [5, 5.41) is 5.47. The van der Waals surface area contributed by atoms with E-state index in [1.165, 1.54) is 23.1 Å². The van der Waals surface area contributed by atoms with Crippen LogP contribution in [0.5, 0.6) is 5.75 Å². The fourth-order valence-electron chi connectivity index (χ4n) is 3.63. The molecule has 0 spiro atoms. The molecule has 7 nitrogen and oxygen atoms in total. The molecule has 1 saturated heterocycles. The zero-order chi connectivity index (χ0) is 23.9. The van der Waals surface area contributed by atoms with Gasteiger partial charge in [0.1, 0.15) is 5.75 Å². The molecule has 0 aliphatic carbocycles. The molecule has 2 heterocycles. The Morgan fingerprint density at radius 3 is 2.71 bits per heavy atom. The number of methoxy groups -OCH3 is 1. The molecule has 1 N–H and O–H groups in total. The maximum absolute atomic E-state index is 12.8. The van der Waals surface area contributed by atoms with Gasteiger partial charge in [-0.05, 0) is 24.3 Å². The molecule has 3 aromatic rings. The SMILES string of the molecule is COc1cccc(NC(=O)CSc2nc(CC(=O)N3CCN(c4ccccc4Cl)CC3)cs2)c1. The number of amides is 2. The summed E-state index contributed by atoms with van der Waals surface area (Å²) in [7, 11) is 1.59. The molecule has 1 fully saturated rings. The van der Waals surface area contributed by atoms with E-state index in [0.717, 1.165) is 33.8 Å². The number of ether oxygens (including phenoxy) is 1. The minimum atomic E-state index is -0.123. The van der Waals surface area contributed by atoms with Gasteiger partial charge >= 0.3 is 0 Å². The summed E-state index contributed by atoms with van der Waals surface area (Å²) in [6.45, 7) is 2.80. The molecule has 4 rings (SSSR count). The average molecular weight is 517 g/mol. The predicted molar refractivity (Wildman–Crippen MR) is 138 cm³/mol. The van der Waals surface area contributed by atoms with E-state index in [1.54, 1.807) is 13.2 Å². The second-order valence-electron chi connectivity index (χ2n) is 7.67. The van der Waals surface area contributed by atoms with Crippen molar-refractivity contribution in [3.8, 4) is 5.75 Å². The van der Waals surface area contributed by atoms with Gasteiger partial charge in [-0.2, -0.15) is 0 Å². The third kappa shape index (κ3) is 6.43. The van der Waals surface area contributed by atoms with Gasteiger partial charge in [-0.1, -0.05) is 41.6 Å². The highest BCUT2D eigenvalue weighted by Crippen LogP contribution is 2.27. The molecule has 0 bridgehead atoms. The topological polar surface area (TPSA) is 74.8 Å². The Bertz CT molecular complexity index is 1150. The lowest BCUT2D eigenvalue weighted by Gasteiger charge is -2.36. The van der Waals surface area contributed by atoms with Crippen molar-refractivity contribution >= 4 is 57.9 Å². The van der Waals surface area contributed by atoms with Crippen molar-refractivity contribution in [2.45, 2.75) is 10.8 Å². The maximum Gasteiger partial charge on any atom is 0.234 e. The Morgan fingerprint density at radius 2 is 1.94 bits per heavy atom. The van der Waals surface area contributed by atoms with Gasteiger partial charge in [0.15, 0.2) is 4.34 Å². The van der Waals surface area contributed by atoms with Crippen molar-refractivity contribution in [1.82, 2.24) is 9.88 Å².